The number of anilines is 1. The third-order valence-electron chi connectivity index (χ3n) is 4.02. The highest BCUT2D eigenvalue weighted by atomic mass is 16.6. The molecule has 114 valence electrons. The zero-order chi connectivity index (χ0) is 15.6. The quantitative estimate of drug-likeness (QED) is 0.677. The zero-order valence-electron chi connectivity index (χ0n) is 12.0. The highest BCUT2D eigenvalue weighted by Gasteiger charge is 2.43. The number of carboxylic acid groups (broad SMARTS) is 1. The number of nitro groups is 1. The number of piperidine rings is 1. The molecule has 1 aromatic rings. The molecule has 0 radical (unpaired) electrons. The fraction of sp³-hybridized carbons (Fsp3) is 0.500. The van der Waals surface area contributed by atoms with Gasteiger partial charge in [-0.25, -0.2) is 4.79 Å². The normalized spacial score (nSPS) is 21.9. The van der Waals surface area contributed by atoms with Gasteiger partial charge in [-0.2, -0.15) is 0 Å². The van der Waals surface area contributed by atoms with Gasteiger partial charge in [-0.1, -0.05) is 0 Å². The zero-order valence-corrected chi connectivity index (χ0v) is 12.0. The summed E-state index contributed by atoms with van der Waals surface area (Å²) in [5.74, 6) is -0.506. The monoisotopic (exact) mass is 294 g/mol. The van der Waals surface area contributed by atoms with Crippen molar-refractivity contribution in [3.8, 4) is 5.75 Å². The number of carbonyl (C=O) groups is 1. The van der Waals surface area contributed by atoms with Gasteiger partial charge in [0.2, 0.25) is 0 Å². The molecular formula is C14H18N2O5. The van der Waals surface area contributed by atoms with Crippen LogP contribution in [0.15, 0.2) is 18.2 Å². The number of nitrogens with zero attached hydrogens (tertiary/aromatic N) is 2. The van der Waals surface area contributed by atoms with Crippen LogP contribution in [0.1, 0.15) is 26.2 Å². The third-order valence-corrected chi connectivity index (χ3v) is 4.02. The van der Waals surface area contributed by atoms with Crippen molar-refractivity contribution >= 4 is 17.3 Å². The van der Waals surface area contributed by atoms with E-state index in [2.05, 4.69) is 0 Å². The summed E-state index contributed by atoms with van der Waals surface area (Å²) in [6, 6.07) is 4.39. The van der Waals surface area contributed by atoms with Gasteiger partial charge >= 0.3 is 5.97 Å². The average Bonchev–Trinajstić information content (AvgIpc) is 2.46. The Balaban J connectivity index is 2.56. The van der Waals surface area contributed by atoms with E-state index in [-0.39, 0.29) is 5.69 Å². The minimum atomic E-state index is -1.14. The van der Waals surface area contributed by atoms with Crippen molar-refractivity contribution in [2.24, 2.45) is 0 Å². The molecule has 21 heavy (non-hydrogen) atoms. The van der Waals surface area contributed by atoms with E-state index in [9.17, 15) is 20.0 Å². The summed E-state index contributed by atoms with van der Waals surface area (Å²) in [6.45, 7) is 2.08. The summed E-state index contributed by atoms with van der Waals surface area (Å²) < 4.78 is 5.11. The first kappa shape index (κ1) is 15.1. The Morgan fingerprint density at radius 2 is 2.19 bits per heavy atom. The lowest BCUT2D eigenvalue weighted by molar-refractivity contribution is -0.384. The Morgan fingerprint density at radius 1 is 1.48 bits per heavy atom. The maximum atomic E-state index is 11.7. The molecule has 0 bridgehead atoms. The van der Waals surface area contributed by atoms with Gasteiger partial charge in [-0.3, -0.25) is 10.1 Å². The van der Waals surface area contributed by atoms with E-state index < -0.39 is 16.4 Å². The van der Waals surface area contributed by atoms with E-state index in [1.807, 2.05) is 0 Å². The molecule has 0 aromatic heterocycles. The van der Waals surface area contributed by atoms with Crippen LogP contribution in [0.4, 0.5) is 11.4 Å². The van der Waals surface area contributed by atoms with Crippen LogP contribution in [0.25, 0.3) is 0 Å². The second-order valence-electron chi connectivity index (χ2n) is 5.30. The Bertz CT molecular complexity index is 574. The topological polar surface area (TPSA) is 92.9 Å². The molecule has 1 aromatic carbocycles. The van der Waals surface area contributed by atoms with Gasteiger partial charge in [0.1, 0.15) is 17.0 Å². The lowest BCUT2D eigenvalue weighted by Crippen LogP contribution is -2.55. The molecule has 0 aliphatic carbocycles. The second kappa shape index (κ2) is 5.59. The van der Waals surface area contributed by atoms with Crippen LogP contribution in [0.5, 0.6) is 5.75 Å². The molecule has 7 nitrogen and oxygen atoms in total. The van der Waals surface area contributed by atoms with Gasteiger partial charge in [0.25, 0.3) is 5.69 Å². The van der Waals surface area contributed by atoms with Crippen LogP contribution < -0.4 is 9.64 Å². The Labute approximate surface area is 122 Å². The number of rotatable bonds is 4. The standard InChI is InChI=1S/C14H18N2O5/c1-14(13(17)18)7-3-4-8-15(14)12-9-10(21-2)5-6-11(12)16(19)20/h5-6,9H,3-4,7-8H2,1-2H3,(H,17,18). The minimum absolute atomic E-state index is 0.106. The number of benzene rings is 1. The fourth-order valence-corrected chi connectivity index (χ4v) is 2.73. The van der Waals surface area contributed by atoms with Crippen LogP contribution >= 0.6 is 0 Å². The Morgan fingerprint density at radius 3 is 2.76 bits per heavy atom. The van der Waals surface area contributed by atoms with Crippen LogP contribution in [0.3, 0.4) is 0 Å². The van der Waals surface area contributed by atoms with Crippen LogP contribution in [0.2, 0.25) is 0 Å². The molecule has 1 saturated heterocycles. The molecule has 0 amide bonds. The van der Waals surface area contributed by atoms with Crippen molar-refractivity contribution in [1.29, 1.82) is 0 Å². The van der Waals surface area contributed by atoms with E-state index in [0.717, 1.165) is 12.8 Å². The summed E-state index contributed by atoms with van der Waals surface area (Å²) in [7, 11) is 1.47. The summed E-state index contributed by atoms with van der Waals surface area (Å²) in [5.41, 5.74) is -0.954. The second-order valence-corrected chi connectivity index (χ2v) is 5.30. The van der Waals surface area contributed by atoms with Crippen molar-refractivity contribution in [3.63, 3.8) is 0 Å². The van der Waals surface area contributed by atoms with Crippen molar-refractivity contribution < 1.29 is 19.6 Å². The summed E-state index contributed by atoms with van der Waals surface area (Å²) >= 11 is 0. The summed E-state index contributed by atoms with van der Waals surface area (Å²) in [5, 5.41) is 20.8. The molecule has 0 saturated carbocycles. The van der Waals surface area contributed by atoms with E-state index in [1.165, 1.54) is 25.3 Å². The SMILES string of the molecule is COc1ccc([N+](=O)[O-])c(N2CCCCC2(C)C(=O)O)c1. The molecule has 1 atom stereocenters. The third kappa shape index (κ3) is 2.63. The van der Waals surface area contributed by atoms with E-state index in [4.69, 9.17) is 4.74 Å². The first-order valence-corrected chi connectivity index (χ1v) is 6.73. The van der Waals surface area contributed by atoms with Crippen LogP contribution in [0, 0.1) is 10.1 Å². The van der Waals surface area contributed by atoms with Crippen molar-refractivity contribution in [1.82, 2.24) is 0 Å². The minimum Gasteiger partial charge on any atom is -0.497 e. The molecule has 1 heterocycles. The number of aliphatic carboxylic acids is 1. The number of carboxylic acids is 1. The van der Waals surface area contributed by atoms with Gasteiger partial charge in [0.05, 0.1) is 12.0 Å². The van der Waals surface area contributed by atoms with Gasteiger partial charge in [0.15, 0.2) is 0 Å². The van der Waals surface area contributed by atoms with Gasteiger partial charge in [0, 0.05) is 18.7 Å². The van der Waals surface area contributed by atoms with E-state index >= 15 is 0 Å². The number of ether oxygens (including phenoxy) is 1. The molecule has 1 aliphatic heterocycles. The van der Waals surface area contributed by atoms with Gasteiger partial charge in [-0.05, 0) is 32.3 Å². The van der Waals surface area contributed by atoms with Crippen LogP contribution in [-0.2, 0) is 4.79 Å². The largest absolute Gasteiger partial charge is 0.497 e. The van der Waals surface area contributed by atoms with Crippen molar-refractivity contribution in [2.45, 2.75) is 31.7 Å². The number of nitro benzene ring substituents is 1. The van der Waals surface area contributed by atoms with Gasteiger partial charge < -0.3 is 14.7 Å². The van der Waals surface area contributed by atoms with Crippen molar-refractivity contribution in [2.75, 3.05) is 18.6 Å². The highest BCUT2D eigenvalue weighted by Crippen LogP contribution is 2.40. The molecule has 1 unspecified atom stereocenters. The highest BCUT2D eigenvalue weighted by molar-refractivity contribution is 5.85. The molecular weight excluding hydrogens is 276 g/mol. The van der Waals surface area contributed by atoms with Crippen molar-refractivity contribution in [3.05, 3.63) is 28.3 Å². The molecule has 0 spiro atoms. The maximum absolute atomic E-state index is 11.7. The van der Waals surface area contributed by atoms with E-state index in [0.29, 0.717) is 24.4 Å². The van der Waals surface area contributed by atoms with Gasteiger partial charge in [-0.15, -0.1) is 0 Å². The lowest BCUT2D eigenvalue weighted by Gasteiger charge is -2.42. The first-order valence-electron chi connectivity index (χ1n) is 6.73. The lowest BCUT2D eigenvalue weighted by atomic mass is 9.87. The fourth-order valence-electron chi connectivity index (χ4n) is 2.73. The Hall–Kier alpha value is -2.31. The molecule has 2 rings (SSSR count). The molecule has 1 fully saturated rings. The first-order chi connectivity index (χ1) is 9.90. The predicted molar refractivity (Wildman–Crippen MR) is 76.9 cm³/mol. The smallest absolute Gasteiger partial charge is 0.329 e. The average molecular weight is 294 g/mol. The van der Waals surface area contributed by atoms with Crippen LogP contribution in [-0.4, -0.2) is 35.2 Å². The predicted octanol–water partition coefficient (Wildman–Crippen LogP) is 2.44. The number of hydrogen-bond donors (Lipinski definition) is 1. The maximum Gasteiger partial charge on any atom is 0.329 e. The molecule has 1 N–H and O–H groups in total. The summed E-state index contributed by atoms with van der Waals surface area (Å²) in [4.78, 5) is 24.0. The Kier molecular flexibility index (Phi) is 4.02. The molecule has 1 aliphatic rings. The number of hydrogen-bond acceptors (Lipinski definition) is 5. The molecule has 7 heteroatoms. The van der Waals surface area contributed by atoms with E-state index in [1.54, 1.807) is 11.8 Å². The number of methoxy groups -OCH3 is 1. The summed E-state index contributed by atoms with van der Waals surface area (Å²) in [6.07, 6.45) is 2.05.